The second-order valence-corrected chi connectivity index (χ2v) is 9.03. The zero-order chi connectivity index (χ0) is 19.6. The predicted octanol–water partition coefficient (Wildman–Crippen LogP) is 3.75. The summed E-state index contributed by atoms with van der Waals surface area (Å²) in [5, 5.41) is 8.69. The molecular weight excluding hydrogens is 366 g/mol. The summed E-state index contributed by atoms with van der Waals surface area (Å²) in [5.41, 5.74) is 1.92. The Hall–Kier alpha value is -2.18. The Morgan fingerprint density at radius 2 is 1.93 bits per heavy atom. The van der Waals surface area contributed by atoms with Crippen LogP contribution in [-0.2, 0) is 19.4 Å². The molecule has 29 heavy (non-hydrogen) atoms. The zero-order valence-electron chi connectivity index (χ0n) is 17.2. The molecular formula is C22H31N5O2. The lowest BCUT2D eigenvalue weighted by molar-refractivity contribution is 0.0667. The van der Waals surface area contributed by atoms with Crippen LogP contribution in [0, 0.1) is 5.92 Å². The number of piperidine rings is 1. The Morgan fingerprint density at radius 1 is 1.07 bits per heavy atom. The third kappa shape index (κ3) is 3.96. The highest BCUT2D eigenvalue weighted by Gasteiger charge is 2.30. The number of carbonyl (C=O) groups is 1. The topological polar surface area (TPSA) is 77.1 Å². The second kappa shape index (κ2) is 8.28. The lowest BCUT2D eigenvalue weighted by Crippen LogP contribution is -2.40. The fourth-order valence-electron chi connectivity index (χ4n) is 5.33. The molecule has 2 aromatic heterocycles. The lowest BCUT2D eigenvalue weighted by atomic mass is 9.94. The molecule has 0 spiro atoms. The number of amides is 1. The number of fused-ring (bicyclic) bond motifs is 1. The number of hydrogen-bond acceptors (Lipinski definition) is 5. The van der Waals surface area contributed by atoms with E-state index in [-0.39, 0.29) is 5.91 Å². The van der Waals surface area contributed by atoms with Crippen molar-refractivity contribution < 1.29 is 9.32 Å². The van der Waals surface area contributed by atoms with Crippen LogP contribution < -0.4 is 0 Å². The summed E-state index contributed by atoms with van der Waals surface area (Å²) in [4.78, 5) is 19.8. The van der Waals surface area contributed by atoms with Crippen molar-refractivity contribution in [1.82, 2.24) is 24.8 Å². The van der Waals surface area contributed by atoms with Crippen LogP contribution in [0.4, 0.5) is 0 Å². The highest BCUT2D eigenvalue weighted by Crippen LogP contribution is 2.30. The van der Waals surface area contributed by atoms with E-state index in [1.54, 1.807) is 6.20 Å². The molecule has 156 valence electrons. The van der Waals surface area contributed by atoms with Gasteiger partial charge in [-0.25, -0.2) is 0 Å². The first kappa shape index (κ1) is 18.8. The van der Waals surface area contributed by atoms with Gasteiger partial charge in [0.2, 0.25) is 5.89 Å². The van der Waals surface area contributed by atoms with E-state index in [4.69, 9.17) is 9.51 Å². The van der Waals surface area contributed by atoms with E-state index in [0.29, 0.717) is 11.8 Å². The minimum atomic E-state index is 0.141. The van der Waals surface area contributed by atoms with Crippen molar-refractivity contribution in [3.8, 4) is 0 Å². The van der Waals surface area contributed by atoms with E-state index < -0.39 is 0 Å². The Balaban J connectivity index is 1.21. The molecule has 4 heterocycles. The van der Waals surface area contributed by atoms with Crippen molar-refractivity contribution in [2.75, 3.05) is 13.1 Å². The standard InChI is InChI=1S/C22H31N5O2/c28-22(18-14-23-27-12-6-10-19(18)27)26-11-5-7-16(15-26)13-20-24-21(25-29-20)17-8-3-1-2-4-9-17/h14,16-17H,1-13,15H2. The number of likely N-dealkylation sites (tertiary alicyclic amines) is 1. The summed E-state index contributed by atoms with van der Waals surface area (Å²) in [6.07, 6.45) is 14.3. The molecule has 0 bridgehead atoms. The van der Waals surface area contributed by atoms with E-state index in [1.165, 1.54) is 38.5 Å². The van der Waals surface area contributed by atoms with Crippen molar-refractivity contribution in [2.24, 2.45) is 5.92 Å². The normalized spacial score (nSPS) is 23.2. The van der Waals surface area contributed by atoms with Gasteiger partial charge in [0.15, 0.2) is 5.82 Å². The minimum Gasteiger partial charge on any atom is -0.339 e. The van der Waals surface area contributed by atoms with Gasteiger partial charge in [-0.05, 0) is 44.4 Å². The van der Waals surface area contributed by atoms with Gasteiger partial charge in [0.1, 0.15) is 0 Å². The number of aryl methyl sites for hydroxylation is 1. The predicted molar refractivity (Wildman–Crippen MR) is 108 cm³/mol. The van der Waals surface area contributed by atoms with E-state index >= 15 is 0 Å². The Labute approximate surface area is 171 Å². The summed E-state index contributed by atoms with van der Waals surface area (Å²) < 4.78 is 7.60. The summed E-state index contributed by atoms with van der Waals surface area (Å²) in [5.74, 6) is 2.64. The van der Waals surface area contributed by atoms with E-state index in [2.05, 4.69) is 10.3 Å². The molecule has 0 aromatic carbocycles. The number of carbonyl (C=O) groups excluding carboxylic acids is 1. The maximum atomic E-state index is 13.1. The Kier molecular flexibility index (Phi) is 5.38. The minimum absolute atomic E-state index is 0.141. The first-order valence-corrected chi connectivity index (χ1v) is 11.4. The van der Waals surface area contributed by atoms with Crippen LogP contribution in [-0.4, -0.2) is 43.8 Å². The highest BCUT2D eigenvalue weighted by molar-refractivity contribution is 5.95. The van der Waals surface area contributed by atoms with Gasteiger partial charge in [0, 0.05) is 32.0 Å². The molecule has 1 saturated heterocycles. The van der Waals surface area contributed by atoms with Gasteiger partial charge < -0.3 is 9.42 Å². The van der Waals surface area contributed by atoms with Gasteiger partial charge in [-0.1, -0.05) is 30.8 Å². The summed E-state index contributed by atoms with van der Waals surface area (Å²) in [7, 11) is 0. The number of hydrogen-bond donors (Lipinski definition) is 0. The van der Waals surface area contributed by atoms with Crippen LogP contribution in [0.1, 0.15) is 91.5 Å². The molecule has 1 aliphatic carbocycles. The van der Waals surface area contributed by atoms with Gasteiger partial charge in [-0.2, -0.15) is 10.1 Å². The molecule has 1 atom stereocenters. The fraction of sp³-hybridized carbons (Fsp3) is 0.727. The van der Waals surface area contributed by atoms with Gasteiger partial charge in [0.25, 0.3) is 5.91 Å². The van der Waals surface area contributed by atoms with E-state index in [9.17, 15) is 4.79 Å². The van der Waals surface area contributed by atoms with Crippen molar-refractivity contribution in [1.29, 1.82) is 0 Å². The molecule has 7 nitrogen and oxygen atoms in total. The zero-order valence-corrected chi connectivity index (χ0v) is 17.2. The molecule has 7 heteroatoms. The SMILES string of the molecule is O=C(c1cnn2c1CCC2)N1CCCC(Cc2nc(C3CCCCCC3)no2)C1. The highest BCUT2D eigenvalue weighted by atomic mass is 16.5. The molecule has 0 N–H and O–H groups in total. The lowest BCUT2D eigenvalue weighted by Gasteiger charge is -2.32. The van der Waals surface area contributed by atoms with Crippen LogP contribution in [0.25, 0.3) is 0 Å². The van der Waals surface area contributed by atoms with Crippen molar-refractivity contribution >= 4 is 5.91 Å². The Morgan fingerprint density at radius 3 is 2.79 bits per heavy atom. The number of aromatic nitrogens is 4. The second-order valence-electron chi connectivity index (χ2n) is 9.03. The third-order valence-corrected chi connectivity index (χ3v) is 6.94. The average molecular weight is 398 g/mol. The molecule has 2 aromatic rings. The van der Waals surface area contributed by atoms with Crippen LogP contribution in [0.2, 0.25) is 0 Å². The monoisotopic (exact) mass is 397 g/mol. The molecule has 1 unspecified atom stereocenters. The van der Waals surface area contributed by atoms with Crippen molar-refractivity contribution in [2.45, 2.75) is 83.1 Å². The maximum Gasteiger partial charge on any atom is 0.257 e. The quantitative estimate of drug-likeness (QED) is 0.735. The third-order valence-electron chi connectivity index (χ3n) is 6.94. The van der Waals surface area contributed by atoms with Crippen molar-refractivity contribution in [3.05, 3.63) is 29.2 Å². The first-order valence-electron chi connectivity index (χ1n) is 11.4. The summed E-state index contributed by atoms with van der Waals surface area (Å²) in [6.45, 7) is 2.54. The average Bonchev–Trinajstić information content (AvgIpc) is 3.42. The maximum absolute atomic E-state index is 13.1. The van der Waals surface area contributed by atoms with Crippen LogP contribution in [0.3, 0.4) is 0 Å². The largest absolute Gasteiger partial charge is 0.339 e. The molecule has 1 saturated carbocycles. The first-order chi connectivity index (χ1) is 14.3. The van der Waals surface area contributed by atoms with E-state index in [0.717, 1.165) is 74.7 Å². The molecule has 2 fully saturated rings. The van der Waals surface area contributed by atoms with Crippen molar-refractivity contribution in [3.63, 3.8) is 0 Å². The van der Waals surface area contributed by atoms with Crippen LogP contribution in [0.15, 0.2) is 10.7 Å². The van der Waals surface area contributed by atoms with E-state index in [1.807, 2.05) is 9.58 Å². The molecule has 5 rings (SSSR count). The number of rotatable bonds is 4. The molecule has 1 amide bonds. The molecule has 0 radical (unpaired) electrons. The van der Waals surface area contributed by atoms with Gasteiger partial charge in [0.05, 0.1) is 17.5 Å². The Bertz CT molecular complexity index is 849. The van der Waals surface area contributed by atoms with Crippen LogP contribution >= 0.6 is 0 Å². The fourth-order valence-corrected chi connectivity index (χ4v) is 5.33. The number of nitrogens with zero attached hydrogens (tertiary/aromatic N) is 5. The molecule has 3 aliphatic rings. The van der Waals surface area contributed by atoms with Gasteiger partial charge in [-0.15, -0.1) is 0 Å². The van der Waals surface area contributed by atoms with Crippen LogP contribution in [0.5, 0.6) is 0 Å². The smallest absolute Gasteiger partial charge is 0.257 e. The molecule has 2 aliphatic heterocycles. The van der Waals surface area contributed by atoms with Gasteiger partial charge >= 0.3 is 0 Å². The summed E-state index contributed by atoms with van der Waals surface area (Å²) in [6, 6.07) is 0. The summed E-state index contributed by atoms with van der Waals surface area (Å²) >= 11 is 0. The van der Waals surface area contributed by atoms with Gasteiger partial charge in [-0.3, -0.25) is 9.48 Å².